The summed E-state index contributed by atoms with van der Waals surface area (Å²) < 4.78 is 11.1. The molecule has 8 heteroatoms. The molecule has 8 nitrogen and oxygen atoms in total. The average Bonchev–Trinajstić information content (AvgIpc) is 2.78. The average molecular weight is 437 g/mol. The molecular weight excluding hydrogens is 408 g/mol. The zero-order chi connectivity index (χ0) is 22.9. The number of anilines is 1. The third-order valence-corrected chi connectivity index (χ3v) is 4.79. The summed E-state index contributed by atoms with van der Waals surface area (Å²) in [5.41, 5.74) is 8.85. The predicted molar refractivity (Wildman–Crippen MR) is 123 cm³/mol. The molecule has 3 rings (SSSR count). The Morgan fingerprint density at radius 1 is 1.03 bits per heavy atom. The van der Waals surface area contributed by atoms with E-state index in [9.17, 15) is 4.79 Å². The van der Waals surface area contributed by atoms with Gasteiger partial charge in [-0.2, -0.15) is 4.98 Å². The Balaban J connectivity index is 1.64. The Kier molecular flexibility index (Phi) is 7.88. The smallest absolute Gasteiger partial charge is 0.404 e. The molecule has 1 aromatic heterocycles. The number of methoxy groups -OCH3 is 1. The molecule has 0 bridgehead atoms. The molecule has 1 unspecified atom stereocenters. The predicted octanol–water partition coefficient (Wildman–Crippen LogP) is 4.15. The number of pyridine rings is 1. The third kappa shape index (κ3) is 6.88. The van der Waals surface area contributed by atoms with Crippen molar-refractivity contribution in [3.8, 4) is 17.4 Å². The van der Waals surface area contributed by atoms with Crippen LogP contribution in [0.3, 0.4) is 0 Å². The van der Waals surface area contributed by atoms with E-state index in [2.05, 4.69) is 15.6 Å². The first-order chi connectivity index (χ1) is 15.4. The summed E-state index contributed by atoms with van der Waals surface area (Å²) in [5.74, 6) is 2.56. The van der Waals surface area contributed by atoms with Gasteiger partial charge in [0.2, 0.25) is 5.88 Å². The SMILES string of the molecule is COc1ccc(CNc2cc(CN)cc(Oc3ccc(CC(C)NC(=O)O)cc3)n2)cc1. The van der Waals surface area contributed by atoms with Gasteiger partial charge in [0.25, 0.3) is 0 Å². The third-order valence-electron chi connectivity index (χ3n) is 4.79. The van der Waals surface area contributed by atoms with Crippen molar-refractivity contribution in [3.05, 3.63) is 77.4 Å². The van der Waals surface area contributed by atoms with Gasteiger partial charge in [-0.15, -0.1) is 0 Å². The molecule has 5 N–H and O–H groups in total. The molecule has 0 aliphatic rings. The number of nitrogens with zero attached hydrogens (tertiary/aromatic N) is 1. The van der Waals surface area contributed by atoms with Gasteiger partial charge in [-0.25, -0.2) is 4.79 Å². The van der Waals surface area contributed by atoms with E-state index >= 15 is 0 Å². The minimum Gasteiger partial charge on any atom is -0.497 e. The molecule has 0 saturated carbocycles. The zero-order valence-corrected chi connectivity index (χ0v) is 18.2. The normalized spacial score (nSPS) is 11.5. The molecule has 2 aromatic carbocycles. The van der Waals surface area contributed by atoms with E-state index < -0.39 is 6.09 Å². The lowest BCUT2D eigenvalue weighted by atomic mass is 10.1. The van der Waals surface area contributed by atoms with Gasteiger partial charge in [0.05, 0.1) is 7.11 Å². The number of rotatable bonds is 10. The van der Waals surface area contributed by atoms with E-state index in [4.69, 9.17) is 20.3 Å². The topological polar surface area (TPSA) is 119 Å². The Labute approximate surface area is 187 Å². The van der Waals surface area contributed by atoms with Crippen LogP contribution in [0.2, 0.25) is 0 Å². The Hall–Kier alpha value is -3.78. The van der Waals surface area contributed by atoms with Crippen LogP contribution in [0.5, 0.6) is 17.4 Å². The second-order valence-electron chi connectivity index (χ2n) is 7.41. The Bertz CT molecular complexity index is 1020. The molecule has 0 aliphatic heterocycles. The lowest BCUT2D eigenvalue weighted by Crippen LogP contribution is -2.32. The molecular formula is C24H28N4O4. The van der Waals surface area contributed by atoms with Crippen molar-refractivity contribution < 1.29 is 19.4 Å². The standard InChI is InChI=1S/C24H28N4O4/c1-16(27-24(29)30)11-17-3-9-21(10-4-17)32-23-13-19(14-25)12-22(28-23)26-15-18-5-7-20(31-2)8-6-18/h3-10,12-13,16,27H,11,14-15,25H2,1-2H3,(H,26,28)(H,29,30). The summed E-state index contributed by atoms with van der Waals surface area (Å²) in [6, 6.07) is 18.8. The van der Waals surface area contributed by atoms with Crippen molar-refractivity contribution in [2.24, 2.45) is 5.73 Å². The number of ether oxygens (including phenoxy) is 2. The zero-order valence-electron chi connectivity index (χ0n) is 18.2. The van der Waals surface area contributed by atoms with Crippen LogP contribution in [-0.2, 0) is 19.5 Å². The molecule has 0 aliphatic carbocycles. The van der Waals surface area contributed by atoms with Crippen molar-refractivity contribution in [1.82, 2.24) is 10.3 Å². The lowest BCUT2D eigenvalue weighted by Gasteiger charge is -2.13. The summed E-state index contributed by atoms with van der Waals surface area (Å²) in [5, 5.41) is 14.5. The highest BCUT2D eigenvalue weighted by molar-refractivity contribution is 5.64. The minimum atomic E-state index is -1.03. The monoisotopic (exact) mass is 436 g/mol. The molecule has 0 radical (unpaired) electrons. The fraction of sp³-hybridized carbons (Fsp3) is 0.250. The fourth-order valence-corrected chi connectivity index (χ4v) is 3.19. The molecule has 32 heavy (non-hydrogen) atoms. The number of benzene rings is 2. The van der Waals surface area contributed by atoms with Gasteiger partial charge < -0.3 is 30.9 Å². The number of nitrogens with two attached hydrogens (primary N) is 1. The van der Waals surface area contributed by atoms with E-state index in [1.54, 1.807) is 7.11 Å². The highest BCUT2D eigenvalue weighted by atomic mass is 16.5. The van der Waals surface area contributed by atoms with Crippen molar-refractivity contribution >= 4 is 11.9 Å². The van der Waals surface area contributed by atoms with Gasteiger partial charge in [0.15, 0.2) is 0 Å². The maximum Gasteiger partial charge on any atom is 0.404 e. The van der Waals surface area contributed by atoms with Crippen LogP contribution < -0.4 is 25.8 Å². The molecule has 3 aromatic rings. The second kappa shape index (κ2) is 11.0. The molecule has 0 fully saturated rings. The molecule has 0 spiro atoms. The number of nitrogens with one attached hydrogen (secondary N) is 2. The fourth-order valence-electron chi connectivity index (χ4n) is 3.19. The van der Waals surface area contributed by atoms with Crippen LogP contribution in [0.15, 0.2) is 60.7 Å². The van der Waals surface area contributed by atoms with Gasteiger partial charge >= 0.3 is 6.09 Å². The minimum absolute atomic E-state index is 0.179. The van der Waals surface area contributed by atoms with Gasteiger partial charge in [-0.05, 0) is 60.4 Å². The summed E-state index contributed by atoms with van der Waals surface area (Å²) in [6.07, 6.45) is -0.438. The van der Waals surface area contributed by atoms with E-state index in [0.29, 0.717) is 37.0 Å². The van der Waals surface area contributed by atoms with E-state index in [1.807, 2.05) is 67.6 Å². The Morgan fingerprint density at radius 2 is 1.69 bits per heavy atom. The quantitative estimate of drug-likeness (QED) is 0.377. The van der Waals surface area contributed by atoms with Crippen molar-refractivity contribution in [3.63, 3.8) is 0 Å². The van der Waals surface area contributed by atoms with Crippen molar-refractivity contribution in [2.45, 2.75) is 32.5 Å². The van der Waals surface area contributed by atoms with Gasteiger partial charge in [-0.1, -0.05) is 24.3 Å². The van der Waals surface area contributed by atoms with Gasteiger partial charge in [-0.3, -0.25) is 0 Å². The highest BCUT2D eigenvalue weighted by Gasteiger charge is 2.08. The molecule has 1 atom stereocenters. The largest absolute Gasteiger partial charge is 0.497 e. The number of carbonyl (C=O) groups is 1. The van der Waals surface area contributed by atoms with Crippen LogP contribution in [-0.4, -0.2) is 29.3 Å². The van der Waals surface area contributed by atoms with Crippen LogP contribution in [0, 0.1) is 0 Å². The molecule has 0 saturated heterocycles. The maximum atomic E-state index is 10.7. The maximum absolute atomic E-state index is 10.7. The first-order valence-corrected chi connectivity index (χ1v) is 10.3. The highest BCUT2D eigenvalue weighted by Crippen LogP contribution is 2.24. The lowest BCUT2D eigenvalue weighted by molar-refractivity contribution is 0.190. The number of hydrogen-bond acceptors (Lipinski definition) is 6. The van der Waals surface area contributed by atoms with Crippen LogP contribution >= 0.6 is 0 Å². The molecule has 1 heterocycles. The summed E-state index contributed by atoms with van der Waals surface area (Å²) in [4.78, 5) is 15.3. The first-order valence-electron chi connectivity index (χ1n) is 10.3. The van der Waals surface area contributed by atoms with Crippen molar-refractivity contribution in [1.29, 1.82) is 0 Å². The molecule has 168 valence electrons. The Morgan fingerprint density at radius 3 is 2.31 bits per heavy atom. The van der Waals surface area contributed by atoms with E-state index in [1.165, 1.54) is 0 Å². The summed E-state index contributed by atoms with van der Waals surface area (Å²) >= 11 is 0. The van der Waals surface area contributed by atoms with E-state index in [-0.39, 0.29) is 6.04 Å². The second-order valence-corrected chi connectivity index (χ2v) is 7.41. The van der Waals surface area contributed by atoms with Crippen molar-refractivity contribution in [2.75, 3.05) is 12.4 Å². The molecule has 1 amide bonds. The van der Waals surface area contributed by atoms with Gasteiger partial charge in [0.1, 0.15) is 17.3 Å². The number of carboxylic acid groups (broad SMARTS) is 1. The van der Waals surface area contributed by atoms with Gasteiger partial charge in [0, 0.05) is 25.2 Å². The summed E-state index contributed by atoms with van der Waals surface area (Å²) in [6.45, 7) is 2.78. The number of amides is 1. The van der Waals surface area contributed by atoms with E-state index in [0.717, 1.165) is 22.4 Å². The van der Waals surface area contributed by atoms with Crippen LogP contribution in [0.1, 0.15) is 23.6 Å². The number of hydrogen-bond donors (Lipinski definition) is 4. The van der Waals surface area contributed by atoms with Crippen LogP contribution in [0.25, 0.3) is 0 Å². The first kappa shape index (κ1) is 22.9. The van der Waals surface area contributed by atoms with Crippen LogP contribution in [0.4, 0.5) is 10.6 Å². The summed E-state index contributed by atoms with van der Waals surface area (Å²) in [7, 11) is 1.64. The number of aromatic nitrogens is 1.